The molecule has 7 heteroatoms. The summed E-state index contributed by atoms with van der Waals surface area (Å²) in [4.78, 5) is 14.1. The molecule has 24 heavy (non-hydrogen) atoms. The summed E-state index contributed by atoms with van der Waals surface area (Å²) in [6.07, 6.45) is 1.34. The summed E-state index contributed by atoms with van der Waals surface area (Å²) in [7, 11) is 1.63. The minimum atomic E-state index is -0.577. The van der Waals surface area contributed by atoms with Crippen LogP contribution in [-0.4, -0.2) is 14.5 Å². The van der Waals surface area contributed by atoms with E-state index in [-0.39, 0.29) is 11.7 Å². The number of nitrogens with zero attached hydrogens (tertiary/aromatic N) is 3. The number of imidazole rings is 1. The molecule has 0 aliphatic carbocycles. The van der Waals surface area contributed by atoms with Crippen molar-refractivity contribution >= 4 is 5.82 Å². The van der Waals surface area contributed by atoms with Crippen LogP contribution in [0.15, 0.2) is 60.9 Å². The Morgan fingerprint density at radius 1 is 1.08 bits per heavy atom. The normalized spacial score (nSPS) is 10.4. The number of aryl methyl sites for hydroxylation is 1. The van der Waals surface area contributed by atoms with E-state index in [9.17, 15) is 10.1 Å². The van der Waals surface area contributed by atoms with Crippen LogP contribution >= 0.6 is 0 Å². The van der Waals surface area contributed by atoms with Gasteiger partial charge in [-0.1, -0.05) is 30.3 Å². The zero-order valence-electron chi connectivity index (χ0n) is 13.0. The molecule has 0 N–H and O–H groups in total. The zero-order valence-corrected chi connectivity index (χ0v) is 13.0. The van der Waals surface area contributed by atoms with Crippen LogP contribution < -0.4 is 9.47 Å². The fourth-order valence-corrected chi connectivity index (χ4v) is 2.11. The Kier molecular flexibility index (Phi) is 4.42. The number of benzene rings is 2. The highest BCUT2D eigenvalue weighted by molar-refractivity contribution is 5.40. The molecular formula is C17H15N3O4. The first-order valence-electron chi connectivity index (χ1n) is 7.24. The van der Waals surface area contributed by atoms with Gasteiger partial charge >= 0.3 is 11.7 Å². The van der Waals surface area contributed by atoms with E-state index in [0.29, 0.717) is 18.1 Å². The van der Waals surface area contributed by atoms with Crippen molar-refractivity contribution < 1.29 is 14.4 Å². The lowest BCUT2D eigenvalue weighted by molar-refractivity contribution is -0.390. The molecule has 2 aromatic carbocycles. The lowest BCUT2D eigenvalue weighted by atomic mass is 10.2. The third-order valence-electron chi connectivity index (χ3n) is 3.32. The summed E-state index contributed by atoms with van der Waals surface area (Å²) in [5.74, 6) is 0.916. The van der Waals surface area contributed by atoms with Crippen LogP contribution in [-0.2, 0) is 13.7 Å². The van der Waals surface area contributed by atoms with Crippen molar-refractivity contribution in [3.8, 4) is 17.4 Å². The summed E-state index contributed by atoms with van der Waals surface area (Å²) in [6, 6.07) is 16.7. The van der Waals surface area contributed by atoms with Gasteiger partial charge in [0.1, 0.15) is 18.1 Å². The average molecular weight is 325 g/mol. The molecule has 1 heterocycles. The molecule has 0 aliphatic rings. The molecule has 7 nitrogen and oxygen atoms in total. The van der Waals surface area contributed by atoms with E-state index in [1.807, 2.05) is 30.3 Å². The molecule has 0 amide bonds. The maximum Gasteiger partial charge on any atom is 0.427 e. The van der Waals surface area contributed by atoms with Crippen LogP contribution in [0.4, 0.5) is 5.82 Å². The monoisotopic (exact) mass is 325 g/mol. The van der Waals surface area contributed by atoms with E-state index in [2.05, 4.69) is 4.98 Å². The lowest BCUT2D eigenvalue weighted by Gasteiger charge is -2.08. The van der Waals surface area contributed by atoms with Gasteiger partial charge in [-0.15, -0.1) is 0 Å². The Bertz CT molecular complexity index is 829. The van der Waals surface area contributed by atoms with Crippen molar-refractivity contribution in [1.29, 1.82) is 0 Å². The van der Waals surface area contributed by atoms with Crippen molar-refractivity contribution in [2.45, 2.75) is 6.61 Å². The van der Waals surface area contributed by atoms with Crippen LogP contribution in [0.5, 0.6) is 17.4 Å². The molecule has 3 aromatic rings. The molecule has 0 saturated carbocycles. The molecule has 122 valence electrons. The van der Waals surface area contributed by atoms with Gasteiger partial charge in [-0.25, -0.2) is 0 Å². The van der Waals surface area contributed by atoms with E-state index in [1.165, 1.54) is 10.9 Å². The third-order valence-corrected chi connectivity index (χ3v) is 3.32. The number of hydrogen-bond donors (Lipinski definition) is 0. The molecule has 0 aliphatic heterocycles. The maximum absolute atomic E-state index is 10.9. The first-order valence-corrected chi connectivity index (χ1v) is 7.24. The molecule has 3 rings (SSSR count). The van der Waals surface area contributed by atoms with Gasteiger partial charge in [-0.3, -0.25) is 4.57 Å². The maximum atomic E-state index is 10.9. The van der Waals surface area contributed by atoms with Gasteiger partial charge in [0.15, 0.2) is 0 Å². The van der Waals surface area contributed by atoms with Gasteiger partial charge < -0.3 is 19.6 Å². The Balaban J connectivity index is 1.67. The largest absolute Gasteiger partial charge is 0.489 e. The van der Waals surface area contributed by atoms with Crippen LogP contribution in [0.25, 0.3) is 0 Å². The average Bonchev–Trinajstić information content (AvgIpc) is 2.96. The van der Waals surface area contributed by atoms with Gasteiger partial charge in [0, 0.05) is 7.05 Å². The van der Waals surface area contributed by atoms with Crippen molar-refractivity contribution in [3.63, 3.8) is 0 Å². The minimum Gasteiger partial charge on any atom is -0.489 e. The molecule has 0 spiro atoms. The Morgan fingerprint density at radius 2 is 1.75 bits per heavy atom. The molecule has 0 atom stereocenters. The standard InChI is InChI=1S/C17H15N3O4/c1-19-12-18-16(20(21)22)17(19)24-15-9-7-14(8-10-15)23-11-13-5-3-2-4-6-13/h2-10,12H,11H2,1H3. The molecule has 0 radical (unpaired) electrons. The van der Waals surface area contributed by atoms with Crippen LogP contribution in [0.1, 0.15) is 5.56 Å². The van der Waals surface area contributed by atoms with Crippen LogP contribution in [0.3, 0.4) is 0 Å². The van der Waals surface area contributed by atoms with Gasteiger partial charge in [0.2, 0.25) is 6.33 Å². The van der Waals surface area contributed by atoms with Gasteiger partial charge in [-0.05, 0) is 39.7 Å². The van der Waals surface area contributed by atoms with Gasteiger partial charge in [-0.2, -0.15) is 0 Å². The van der Waals surface area contributed by atoms with Crippen LogP contribution in [0.2, 0.25) is 0 Å². The topological polar surface area (TPSA) is 79.4 Å². The van der Waals surface area contributed by atoms with E-state index >= 15 is 0 Å². The summed E-state index contributed by atoms with van der Waals surface area (Å²) in [6.45, 7) is 0.467. The fraction of sp³-hybridized carbons (Fsp3) is 0.118. The number of nitro groups is 1. The highest BCUT2D eigenvalue weighted by Crippen LogP contribution is 2.30. The zero-order chi connectivity index (χ0) is 16.9. The number of hydrogen-bond acceptors (Lipinski definition) is 5. The molecule has 0 bridgehead atoms. The molecule has 0 fully saturated rings. The van der Waals surface area contributed by atoms with Crippen molar-refractivity contribution in [2.24, 2.45) is 7.05 Å². The van der Waals surface area contributed by atoms with Crippen molar-refractivity contribution in [1.82, 2.24) is 9.55 Å². The predicted molar refractivity (Wildman–Crippen MR) is 87.2 cm³/mol. The van der Waals surface area contributed by atoms with Crippen molar-refractivity contribution in [3.05, 3.63) is 76.6 Å². The molecule has 0 unspecified atom stereocenters. The first-order chi connectivity index (χ1) is 11.6. The second-order valence-electron chi connectivity index (χ2n) is 5.09. The number of ether oxygens (including phenoxy) is 2. The van der Waals surface area contributed by atoms with Crippen LogP contribution in [0, 0.1) is 10.1 Å². The lowest BCUT2D eigenvalue weighted by Crippen LogP contribution is -1.97. The Morgan fingerprint density at radius 3 is 2.42 bits per heavy atom. The Labute approximate surface area is 138 Å². The molecule has 0 saturated heterocycles. The first kappa shape index (κ1) is 15.5. The van der Waals surface area contributed by atoms with E-state index in [1.54, 1.807) is 31.3 Å². The summed E-state index contributed by atoms with van der Waals surface area (Å²) < 4.78 is 12.7. The predicted octanol–water partition coefficient (Wildman–Crippen LogP) is 3.70. The number of aromatic nitrogens is 2. The second kappa shape index (κ2) is 6.82. The summed E-state index contributed by atoms with van der Waals surface area (Å²) in [5.41, 5.74) is 1.07. The third kappa shape index (κ3) is 3.52. The van der Waals surface area contributed by atoms with Crippen molar-refractivity contribution in [2.75, 3.05) is 0 Å². The molecular weight excluding hydrogens is 310 g/mol. The van der Waals surface area contributed by atoms with E-state index < -0.39 is 4.92 Å². The van der Waals surface area contributed by atoms with E-state index in [4.69, 9.17) is 9.47 Å². The highest BCUT2D eigenvalue weighted by Gasteiger charge is 2.22. The van der Waals surface area contributed by atoms with Gasteiger partial charge in [0.25, 0.3) is 0 Å². The quantitative estimate of drug-likeness (QED) is 0.510. The Hall–Kier alpha value is -3.35. The second-order valence-corrected chi connectivity index (χ2v) is 5.09. The smallest absolute Gasteiger partial charge is 0.427 e. The minimum absolute atomic E-state index is 0.0814. The highest BCUT2D eigenvalue weighted by atomic mass is 16.6. The summed E-state index contributed by atoms with van der Waals surface area (Å²) >= 11 is 0. The number of rotatable bonds is 6. The fourth-order valence-electron chi connectivity index (χ4n) is 2.11. The SMILES string of the molecule is Cn1cnc([N+](=O)[O-])c1Oc1ccc(OCc2ccccc2)cc1. The molecule has 1 aromatic heterocycles. The summed E-state index contributed by atoms with van der Waals surface area (Å²) in [5, 5.41) is 10.9. The van der Waals surface area contributed by atoms with Gasteiger partial charge in [0.05, 0.1) is 0 Å². The van der Waals surface area contributed by atoms with E-state index in [0.717, 1.165) is 5.56 Å².